The Balaban J connectivity index is 2.04. The summed E-state index contributed by atoms with van der Waals surface area (Å²) in [5.41, 5.74) is 0.998. The van der Waals surface area contributed by atoms with Crippen molar-refractivity contribution < 1.29 is 0 Å². The van der Waals surface area contributed by atoms with Gasteiger partial charge in [0.25, 0.3) is 0 Å². The molecule has 0 unspecified atom stereocenters. The van der Waals surface area contributed by atoms with Crippen LogP contribution in [0.2, 0.25) is 0 Å². The number of para-hydroxylation sites is 1. The summed E-state index contributed by atoms with van der Waals surface area (Å²) in [6.07, 6.45) is 1.78. The molecule has 3 nitrogen and oxygen atoms in total. The van der Waals surface area contributed by atoms with Gasteiger partial charge in [0, 0.05) is 18.6 Å². The van der Waals surface area contributed by atoms with Crippen LogP contribution in [-0.2, 0) is 0 Å². The van der Waals surface area contributed by atoms with Crippen molar-refractivity contribution in [3.63, 3.8) is 0 Å². The Morgan fingerprint density at radius 2 is 1.67 bits per heavy atom. The average molecular weight is 235 g/mol. The van der Waals surface area contributed by atoms with Crippen LogP contribution >= 0.6 is 0 Å². The second-order valence-corrected chi connectivity index (χ2v) is 4.11. The Kier molecular flexibility index (Phi) is 2.65. The standard InChI is InChI=1S/C15H13N3/c1-18(14-8-4-5-11-16-14)15-10-9-12-6-2-3-7-13(12)17-15/h2-11H,1H3. The summed E-state index contributed by atoms with van der Waals surface area (Å²) in [6.45, 7) is 0. The van der Waals surface area contributed by atoms with Crippen molar-refractivity contribution in [2.45, 2.75) is 0 Å². The van der Waals surface area contributed by atoms with E-state index in [0.717, 1.165) is 22.5 Å². The molecule has 3 aromatic rings. The lowest BCUT2D eigenvalue weighted by atomic mass is 10.2. The van der Waals surface area contributed by atoms with Crippen molar-refractivity contribution in [2.24, 2.45) is 0 Å². The molecule has 18 heavy (non-hydrogen) atoms. The second-order valence-electron chi connectivity index (χ2n) is 4.11. The highest BCUT2D eigenvalue weighted by atomic mass is 15.2. The van der Waals surface area contributed by atoms with E-state index in [-0.39, 0.29) is 0 Å². The molecule has 0 N–H and O–H groups in total. The molecule has 0 saturated carbocycles. The molecule has 3 rings (SSSR count). The van der Waals surface area contributed by atoms with Crippen molar-refractivity contribution >= 4 is 22.5 Å². The van der Waals surface area contributed by atoms with Gasteiger partial charge in [0.05, 0.1) is 5.52 Å². The monoisotopic (exact) mass is 235 g/mol. The lowest BCUT2D eigenvalue weighted by molar-refractivity contribution is 1.09. The fourth-order valence-electron chi connectivity index (χ4n) is 1.91. The number of hydrogen-bond donors (Lipinski definition) is 0. The van der Waals surface area contributed by atoms with Gasteiger partial charge in [-0.1, -0.05) is 24.3 Å². The molecule has 2 heterocycles. The third-order valence-electron chi connectivity index (χ3n) is 2.92. The van der Waals surface area contributed by atoms with Crippen molar-refractivity contribution in [3.05, 3.63) is 60.8 Å². The molecule has 0 aliphatic heterocycles. The summed E-state index contributed by atoms with van der Waals surface area (Å²) in [4.78, 5) is 10.9. The summed E-state index contributed by atoms with van der Waals surface area (Å²) in [5, 5.41) is 1.15. The maximum absolute atomic E-state index is 4.64. The largest absolute Gasteiger partial charge is 0.314 e. The van der Waals surface area contributed by atoms with Crippen molar-refractivity contribution in [2.75, 3.05) is 11.9 Å². The summed E-state index contributed by atoms with van der Waals surface area (Å²) in [7, 11) is 1.97. The van der Waals surface area contributed by atoms with Crippen molar-refractivity contribution in [1.29, 1.82) is 0 Å². The van der Waals surface area contributed by atoms with Gasteiger partial charge in [-0.15, -0.1) is 0 Å². The first kappa shape index (κ1) is 10.7. The SMILES string of the molecule is CN(c1ccccn1)c1ccc2ccccc2n1. The maximum Gasteiger partial charge on any atom is 0.134 e. The quantitative estimate of drug-likeness (QED) is 0.681. The summed E-state index contributed by atoms with van der Waals surface area (Å²) in [6, 6.07) is 18.0. The molecule has 0 amide bonds. The number of pyridine rings is 2. The van der Waals surface area contributed by atoms with Gasteiger partial charge in [-0.05, 0) is 30.3 Å². The molecule has 1 aromatic carbocycles. The maximum atomic E-state index is 4.64. The number of benzene rings is 1. The molecular formula is C15H13N3. The van der Waals surface area contributed by atoms with Crippen LogP contribution in [0.15, 0.2) is 60.8 Å². The van der Waals surface area contributed by atoms with Gasteiger partial charge in [-0.2, -0.15) is 0 Å². The third kappa shape index (κ3) is 1.91. The molecule has 0 spiro atoms. The Morgan fingerprint density at radius 3 is 2.50 bits per heavy atom. The van der Waals surface area contributed by atoms with E-state index in [1.807, 2.05) is 54.4 Å². The van der Waals surface area contributed by atoms with Crippen LogP contribution in [0.1, 0.15) is 0 Å². The van der Waals surface area contributed by atoms with E-state index in [0.29, 0.717) is 0 Å². The fraction of sp³-hybridized carbons (Fsp3) is 0.0667. The van der Waals surface area contributed by atoms with E-state index in [2.05, 4.69) is 22.1 Å². The second kappa shape index (κ2) is 4.45. The van der Waals surface area contributed by atoms with Gasteiger partial charge in [0.2, 0.25) is 0 Å². The van der Waals surface area contributed by atoms with E-state index in [9.17, 15) is 0 Å². The first-order valence-corrected chi connectivity index (χ1v) is 5.85. The lowest BCUT2D eigenvalue weighted by Crippen LogP contribution is -2.12. The Bertz CT molecular complexity index is 665. The summed E-state index contributed by atoms with van der Waals surface area (Å²) in [5.74, 6) is 1.78. The molecule has 0 fully saturated rings. The number of rotatable bonds is 2. The van der Waals surface area contributed by atoms with Crippen LogP contribution in [0.25, 0.3) is 10.9 Å². The van der Waals surface area contributed by atoms with Crippen LogP contribution in [-0.4, -0.2) is 17.0 Å². The predicted molar refractivity (Wildman–Crippen MR) is 74.0 cm³/mol. The van der Waals surface area contributed by atoms with Gasteiger partial charge in [-0.3, -0.25) is 0 Å². The Morgan fingerprint density at radius 1 is 0.833 bits per heavy atom. The number of aromatic nitrogens is 2. The van der Waals surface area contributed by atoms with Gasteiger partial charge in [-0.25, -0.2) is 9.97 Å². The topological polar surface area (TPSA) is 29.0 Å². The summed E-state index contributed by atoms with van der Waals surface area (Å²) >= 11 is 0. The van der Waals surface area contributed by atoms with E-state index in [1.165, 1.54) is 0 Å². The molecule has 0 saturated heterocycles. The van der Waals surface area contributed by atoms with Crippen LogP contribution in [0.3, 0.4) is 0 Å². The zero-order valence-electron chi connectivity index (χ0n) is 10.1. The minimum Gasteiger partial charge on any atom is -0.314 e. The van der Waals surface area contributed by atoms with E-state index in [1.54, 1.807) is 6.20 Å². The van der Waals surface area contributed by atoms with Crippen molar-refractivity contribution in [1.82, 2.24) is 9.97 Å². The van der Waals surface area contributed by atoms with E-state index < -0.39 is 0 Å². The average Bonchev–Trinajstić information content (AvgIpc) is 2.47. The molecule has 0 aliphatic carbocycles. The highest BCUT2D eigenvalue weighted by Gasteiger charge is 2.06. The fourth-order valence-corrected chi connectivity index (χ4v) is 1.91. The highest BCUT2D eigenvalue weighted by molar-refractivity contribution is 5.80. The van der Waals surface area contributed by atoms with Gasteiger partial charge >= 0.3 is 0 Å². The van der Waals surface area contributed by atoms with Crippen LogP contribution in [0, 0.1) is 0 Å². The zero-order chi connectivity index (χ0) is 12.4. The first-order chi connectivity index (χ1) is 8.84. The first-order valence-electron chi connectivity index (χ1n) is 5.85. The minimum atomic E-state index is 0.889. The molecule has 2 aromatic heterocycles. The number of anilines is 2. The smallest absolute Gasteiger partial charge is 0.134 e. The Labute approximate surface area is 106 Å². The molecule has 0 radical (unpaired) electrons. The van der Waals surface area contributed by atoms with E-state index >= 15 is 0 Å². The molecular weight excluding hydrogens is 222 g/mol. The number of nitrogens with zero attached hydrogens (tertiary/aromatic N) is 3. The van der Waals surface area contributed by atoms with Gasteiger partial charge < -0.3 is 4.90 Å². The van der Waals surface area contributed by atoms with Crippen LogP contribution in [0.4, 0.5) is 11.6 Å². The number of fused-ring (bicyclic) bond motifs is 1. The van der Waals surface area contributed by atoms with E-state index in [4.69, 9.17) is 0 Å². The van der Waals surface area contributed by atoms with Gasteiger partial charge in [0.1, 0.15) is 11.6 Å². The molecule has 0 bridgehead atoms. The molecule has 0 aliphatic rings. The lowest BCUT2D eigenvalue weighted by Gasteiger charge is -2.17. The number of hydrogen-bond acceptors (Lipinski definition) is 3. The minimum absolute atomic E-state index is 0.889. The normalized spacial score (nSPS) is 10.5. The third-order valence-corrected chi connectivity index (χ3v) is 2.92. The molecule has 0 atom stereocenters. The predicted octanol–water partition coefficient (Wildman–Crippen LogP) is 3.40. The van der Waals surface area contributed by atoms with Gasteiger partial charge in [0.15, 0.2) is 0 Å². The molecule has 88 valence electrons. The zero-order valence-corrected chi connectivity index (χ0v) is 10.1. The molecule has 3 heteroatoms. The van der Waals surface area contributed by atoms with Crippen molar-refractivity contribution in [3.8, 4) is 0 Å². The van der Waals surface area contributed by atoms with Crippen LogP contribution in [0.5, 0.6) is 0 Å². The summed E-state index contributed by atoms with van der Waals surface area (Å²) < 4.78 is 0. The Hall–Kier alpha value is -2.42. The van der Waals surface area contributed by atoms with Crippen LogP contribution < -0.4 is 4.90 Å². The highest BCUT2D eigenvalue weighted by Crippen LogP contribution is 2.21.